The second kappa shape index (κ2) is 6.48. The number of nitrogens with two attached hydrogens (primary N) is 1. The molecule has 1 aromatic carbocycles. The topological polar surface area (TPSA) is 144 Å². The van der Waals surface area contributed by atoms with Crippen LogP contribution in [0.3, 0.4) is 0 Å². The van der Waals surface area contributed by atoms with E-state index in [1.54, 1.807) is 23.0 Å². The molecule has 27 heavy (non-hydrogen) atoms. The van der Waals surface area contributed by atoms with Crippen molar-refractivity contribution in [3.63, 3.8) is 0 Å². The number of nitrogen functional groups attached to an aromatic ring is 1. The molecule has 12 heteroatoms. The van der Waals surface area contributed by atoms with Crippen molar-refractivity contribution in [1.82, 2.24) is 25.0 Å². The molecule has 11 nitrogen and oxygen atoms in total. The van der Waals surface area contributed by atoms with Gasteiger partial charge in [-0.2, -0.15) is 13.5 Å². The minimum atomic E-state index is -4.74. The summed E-state index contributed by atoms with van der Waals surface area (Å²) in [5.41, 5.74) is 7.91. The van der Waals surface area contributed by atoms with Crippen LogP contribution in [0.2, 0.25) is 0 Å². The van der Waals surface area contributed by atoms with Crippen LogP contribution in [0.1, 0.15) is 12.8 Å². The van der Waals surface area contributed by atoms with Gasteiger partial charge >= 0.3 is 16.4 Å². The highest BCUT2D eigenvalue weighted by atomic mass is 32.3. The van der Waals surface area contributed by atoms with Gasteiger partial charge in [-0.05, 0) is 25.0 Å². The fraction of sp³-hybridized carbons (Fsp3) is 0.400. The first kappa shape index (κ1) is 17.7. The lowest BCUT2D eigenvalue weighted by molar-refractivity contribution is -0.0317. The number of hydroxylamine groups is 2. The molecule has 2 unspecified atom stereocenters. The number of rotatable bonds is 5. The Morgan fingerprint density at radius 3 is 2.70 bits per heavy atom. The van der Waals surface area contributed by atoms with Crippen LogP contribution < -0.4 is 5.73 Å². The van der Waals surface area contributed by atoms with Crippen LogP contribution in [0, 0.1) is 0 Å². The summed E-state index contributed by atoms with van der Waals surface area (Å²) in [4.78, 5) is 13.9. The number of amides is 2. The van der Waals surface area contributed by atoms with Crippen LogP contribution in [0.15, 0.2) is 30.5 Å². The highest BCUT2D eigenvalue weighted by molar-refractivity contribution is 7.80. The summed E-state index contributed by atoms with van der Waals surface area (Å²) >= 11 is 0. The molecule has 0 saturated carbocycles. The van der Waals surface area contributed by atoms with Gasteiger partial charge in [0.2, 0.25) is 0 Å². The van der Waals surface area contributed by atoms with Gasteiger partial charge in [0.05, 0.1) is 24.8 Å². The maximum atomic E-state index is 12.4. The highest BCUT2D eigenvalue weighted by Crippen LogP contribution is 2.31. The van der Waals surface area contributed by atoms with Crippen molar-refractivity contribution in [2.24, 2.45) is 0 Å². The lowest BCUT2D eigenvalue weighted by Crippen LogP contribution is -2.42. The Hall–Kier alpha value is -2.70. The number of hydrogen-bond acceptors (Lipinski definition) is 7. The molecule has 1 aromatic heterocycles. The third-order valence-electron chi connectivity index (χ3n) is 4.76. The lowest BCUT2D eigenvalue weighted by atomic mass is 10.0. The average Bonchev–Trinajstić information content (AvgIpc) is 3.16. The number of fused-ring (bicyclic) bond motifs is 2. The van der Waals surface area contributed by atoms with Crippen LogP contribution in [0.25, 0.3) is 11.3 Å². The van der Waals surface area contributed by atoms with Crippen LogP contribution in [0.4, 0.5) is 10.5 Å². The second-order valence-corrected chi connectivity index (χ2v) is 7.60. The molecule has 2 saturated heterocycles. The van der Waals surface area contributed by atoms with Gasteiger partial charge < -0.3 is 10.6 Å². The summed E-state index contributed by atoms with van der Waals surface area (Å²) in [6.07, 6.45) is 2.99. The molecule has 2 amide bonds. The quantitative estimate of drug-likeness (QED) is 0.552. The Kier molecular flexibility index (Phi) is 4.25. The molecule has 144 valence electrons. The second-order valence-electron chi connectivity index (χ2n) is 6.60. The molecular formula is C15H18N6O5S. The number of anilines is 1. The van der Waals surface area contributed by atoms with Gasteiger partial charge in [-0.3, -0.25) is 4.55 Å². The third-order valence-corrected chi connectivity index (χ3v) is 5.11. The molecular weight excluding hydrogens is 376 g/mol. The molecule has 2 fully saturated rings. The van der Waals surface area contributed by atoms with E-state index in [-0.39, 0.29) is 6.04 Å². The summed E-state index contributed by atoms with van der Waals surface area (Å²) in [6, 6.07) is 6.10. The number of aromatic nitrogens is 3. The standard InChI is InChI=1S/C15H18N6O5S/c16-11-3-1-10(2-4-11)14-9-19(18-17-14)7-12-5-6-13-8-20(12)15(22)21(13)26-27(23,24)25/h1-4,9,12-13H,5-8,16H2,(H,23,24,25). The third kappa shape index (κ3) is 3.59. The molecule has 3 heterocycles. The van der Waals surface area contributed by atoms with Crippen molar-refractivity contribution in [2.75, 3.05) is 12.3 Å². The Bertz CT molecular complexity index is 959. The van der Waals surface area contributed by atoms with Gasteiger partial charge in [-0.25, -0.2) is 9.48 Å². The van der Waals surface area contributed by atoms with Crippen molar-refractivity contribution in [3.05, 3.63) is 30.5 Å². The van der Waals surface area contributed by atoms with Crippen molar-refractivity contribution < 1.29 is 22.0 Å². The Morgan fingerprint density at radius 1 is 1.26 bits per heavy atom. The van der Waals surface area contributed by atoms with E-state index in [9.17, 15) is 13.2 Å². The summed E-state index contributed by atoms with van der Waals surface area (Å²) in [5.74, 6) is 0. The van der Waals surface area contributed by atoms with Crippen LogP contribution in [-0.4, -0.2) is 62.6 Å². The van der Waals surface area contributed by atoms with E-state index >= 15 is 0 Å². The normalized spacial score (nSPS) is 22.5. The van der Waals surface area contributed by atoms with Gasteiger partial charge in [0, 0.05) is 17.8 Å². The zero-order chi connectivity index (χ0) is 19.2. The van der Waals surface area contributed by atoms with E-state index in [4.69, 9.17) is 10.3 Å². The molecule has 2 bridgehead atoms. The molecule has 2 atom stereocenters. The minimum absolute atomic E-state index is 0.176. The first-order valence-electron chi connectivity index (χ1n) is 8.33. The molecule has 2 aromatic rings. The van der Waals surface area contributed by atoms with Gasteiger partial charge in [0.1, 0.15) is 5.69 Å². The molecule has 0 spiro atoms. The largest absolute Gasteiger partial charge is 0.418 e. The number of urea groups is 1. The predicted molar refractivity (Wildman–Crippen MR) is 93.3 cm³/mol. The highest BCUT2D eigenvalue weighted by Gasteiger charge is 2.47. The molecule has 0 radical (unpaired) electrons. The van der Waals surface area contributed by atoms with Crippen molar-refractivity contribution >= 4 is 22.1 Å². The number of nitrogens with zero attached hydrogens (tertiary/aromatic N) is 5. The van der Waals surface area contributed by atoms with E-state index < -0.39 is 22.5 Å². The first-order valence-corrected chi connectivity index (χ1v) is 9.69. The van der Waals surface area contributed by atoms with Crippen LogP contribution in [-0.2, 0) is 21.2 Å². The maximum Gasteiger partial charge on any atom is 0.418 e. The fourth-order valence-corrected chi connectivity index (χ4v) is 3.88. The van der Waals surface area contributed by atoms with Gasteiger partial charge in [-0.15, -0.1) is 9.38 Å². The SMILES string of the molecule is Nc1ccc(-c2cn(CC3CCC4CN3C(=O)N4OS(=O)(=O)O)nn2)cc1. The molecule has 2 aliphatic rings. The minimum Gasteiger partial charge on any atom is -0.399 e. The van der Waals surface area contributed by atoms with E-state index in [0.29, 0.717) is 37.3 Å². The molecule has 0 aliphatic carbocycles. The summed E-state index contributed by atoms with van der Waals surface area (Å²) < 4.78 is 36.8. The zero-order valence-corrected chi connectivity index (χ0v) is 15.0. The first-order chi connectivity index (χ1) is 12.8. The van der Waals surface area contributed by atoms with Gasteiger partial charge in [0.25, 0.3) is 0 Å². The number of carbonyl (C=O) groups is 1. The monoisotopic (exact) mass is 394 g/mol. The summed E-state index contributed by atoms with van der Waals surface area (Å²) in [5, 5.41) is 8.99. The van der Waals surface area contributed by atoms with Gasteiger partial charge in [-0.1, -0.05) is 17.3 Å². The smallest absolute Gasteiger partial charge is 0.399 e. The number of piperidine rings is 1. The average molecular weight is 394 g/mol. The summed E-state index contributed by atoms with van der Waals surface area (Å²) in [6.45, 7) is 0.749. The fourth-order valence-electron chi connectivity index (χ4n) is 3.49. The Morgan fingerprint density at radius 2 is 2.00 bits per heavy atom. The Labute approximate surface area is 155 Å². The number of hydrogen-bond donors (Lipinski definition) is 2. The van der Waals surface area contributed by atoms with Gasteiger partial charge in [0.15, 0.2) is 0 Å². The van der Waals surface area contributed by atoms with Crippen LogP contribution in [0.5, 0.6) is 0 Å². The predicted octanol–water partition coefficient (Wildman–Crippen LogP) is 0.530. The Balaban J connectivity index is 1.47. The van der Waals surface area contributed by atoms with E-state index in [1.807, 2.05) is 12.1 Å². The van der Waals surface area contributed by atoms with E-state index in [2.05, 4.69) is 14.6 Å². The number of carbonyl (C=O) groups excluding carboxylic acids is 1. The maximum absolute atomic E-state index is 12.4. The molecule has 4 rings (SSSR count). The summed E-state index contributed by atoms with van der Waals surface area (Å²) in [7, 11) is -4.74. The van der Waals surface area contributed by atoms with Crippen molar-refractivity contribution in [1.29, 1.82) is 0 Å². The lowest BCUT2D eigenvalue weighted by Gasteiger charge is -2.29. The van der Waals surface area contributed by atoms with E-state index in [0.717, 1.165) is 10.6 Å². The molecule has 2 aliphatic heterocycles. The van der Waals surface area contributed by atoms with Crippen LogP contribution >= 0.6 is 0 Å². The van der Waals surface area contributed by atoms with Crippen molar-refractivity contribution in [3.8, 4) is 11.3 Å². The number of benzene rings is 1. The molecule has 3 N–H and O–H groups in total. The van der Waals surface area contributed by atoms with E-state index in [1.165, 1.54) is 4.90 Å². The zero-order valence-electron chi connectivity index (χ0n) is 14.2. The van der Waals surface area contributed by atoms with Crippen molar-refractivity contribution in [2.45, 2.75) is 31.5 Å².